The van der Waals surface area contributed by atoms with Gasteiger partial charge >= 0.3 is 0 Å². The number of rotatable bonds is 1. The number of nitrogens with two attached hydrogens (primary N) is 1. The van der Waals surface area contributed by atoms with E-state index in [9.17, 15) is 4.39 Å². The summed E-state index contributed by atoms with van der Waals surface area (Å²) < 4.78 is 13.3. The van der Waals surface area contributed by atoms with E-state index in [-0.39, 0.29) is 5.82 Å². The van der Waals surface area contributed by atoms with Crippen molar-refractivity contribution in [3.63, 3.8) is 0 Å². The van der Waals surface area contributed by atoms with Crippen LogP contribution in [0.15, 0.2) is 34.9 Å². The molecule has 1 aromatic heterocycles. The molecule has 0 fully saturated rings. The van der Waals surface area contributed by atoms with Gasteiger partial charge in [0.1, 0.15) is 11.0 Å². The van der Waals surface area contributed by atoms with Gasteiger partial charge in [-0.25, -0.2) is 9.37 Å². The number of hydrogen-bond donors (Lipinski definition) is 1. The Kier molecular flexibility index (Phi) is 3.12. The Balaban J connectivity index is 2.57. The number of halogens is 3. The molecule has 1 aromatic carbocycles. The Morgan fingerprint density at radius 1 is 1.25 bits per heavy atom. The van der Waals surface area contributed by atoms with Gasteiger partial charge in [0.2, 0.25) is 0 Å². The highest BCUT2D eigenvalue weighted by molar-refractivity contribution is 9.10. The van der Waals surface area contributed by atoms with Crippen molar-refractivity contribution in [2.24, 2.45) is 0 Å². The minimum absolute atomic E-state index is 0.289. The van der Waals surface area contributed by atoms with Crippen LogP contribution in [-0.2, 0) is 0 Å². The molecule has 2 rings (SSSR count). The van der Waals surface area contributed by atoms with Crippen LogP contribution < -0.4 is 5.73 Å². The van der Waals surface area contributed by atoms with Crippen molar-refractivity contribution in [3.05, 3.63) is 45.9 Å². The van der Waals surface area contributed by atoms with Gasteiger partial charge in [0.25, 0.3) is 0 Å². The first-order valence-electron chi connectivity index (χ1n) is 4.45. The Morgan fingerprint density at radius 3 is 2.50 bits per heavy atom. The summed E-state index contributed by atoms with van der Waals surface area (Å²) in [7, 11) is 0. The van der Waals surface area contributed by atoms with Crippen LogP contribution in [0, 0.1) is 5.82 Å². The second kappa shape index (κ2) is 4.39. The number of anilines is 1. The van der Waals surface area contributed by atoms with Crippen LogP contribution in [0.2, 0.25) is 5.15 Å². The minimum atomic E-state index is -0.289. The van der Waals surface area contributed by atoms with E-state index in [0.29, 0.717) is 15.3 Å². The zero-order valence-electron chi connectivity index (χ0n) is 8.05. The summed E-state index contributed by atoms with van der Waals surface area (Å²) in [5.74, 6) is -0.289. The molecule has 0 amide bonds. The molecule has 0 bridgehead atoms. The quantitative estimate of drug-likeness (QED) is 0.812. The second-order valence-electron chi connectivity index (χ2n) is 3.20. The normalized spacial score (nSPS) is 10.4. The fraction of sp³-hybridized carbons (Fsp3) is 0. The predicted molar refractivity (Wildman–Crippen MR) is 66.8 cm³/mol. The minimum Gasteiger partial charge on any atom is -0.397 e. The number of nitrogen functional groups attached to an aromatic ring is 1. The Hall–Kier alpha value is -1.13. The first kappa shape index (κ1) is 11.4. The predicted octanol–water partition coefficient (Wildman–Crippen LogP) is 3.89. The van der Waals surface area contributed by atoms with E-state index < -0.39 is 0 Å². The van der Waals surface area contributed by atoms with E-state index in [4.69, 9.17) is 17.3 Å². The van der Waals surface area contributed by atoms with Crippen molar-refractivity contribution in [3.8, 4) is 11.1 Å². The van der Waals surface area contributed by atoms with Crippen LogP contribution >= 0.6 is 27.5 Å². The largest absolute Gasteiger partial charge is 0.397 e. The average Bonchev–Trinajstić information content (AvgIpc) is 2.28. The maximum atomic E-state index is 12.8. The first-order chi connectivity index (χ1) is 7.59. The molecule has 82 valence electrons. The first-order valence-corrected chi connectivity index (χ1v) is 5.62. The van der Waals surface area contributed by atoms with Gasteiger partial charge in [0, 0.05) is 11.8 Å². The fourth-order valence-electron chi connectivity index (χ4n) is 1.34. The maximum absolute atomic E-state index is 12.8. The maximum Gasteiger partial charge on any atom is 0.145 e. The third kappa shape index (κ3) is 2.03. The molecule has 0 aliphatic rings. The molecule has 16 heavy (non-hydrogen) atoms. The van der Waals surface area contributed by atoms with Crippen molar-refractivity contribution in [2.75, 3.05) is 5.73 Å². The van der Waals surface area contributed by atoms with E-state index in [1.807, 2.05) is 0 Å². The van der Waals surface area contributed by atoms with Crippen molar-refractivity contribution in [1.29, 1.82) is 0 Å². The molecule has 2 nitrogen and oxygen atoms in total. The molecule has 0 aliphatic heterocycles. The highest BCUT2D eigenvalue weighted by atomic mass is 79.9. The molecule has 1 heterocycles. The van der Waals surface area contributed by atoms with Gasteiger partial charge in [-0.05, 0) is 33.6 Å². The standard InChI is InChI=1S/C11H7BrClFN2/c12-9-10(15)8(5-16-11(9)13)6-1-3-7(14)4-2-6/h1-5H,(H2,15,16). The lowest BCUT2D eigenvalue weighted by atomic mass is 10.1. The van der Waals surface area contributed by atoms with Crippen molar-refractivity contribution < 1.29 is 4.39 Å². The lowest BCUT2D eigenvalue weighted by Crippen LogP contribution is -1.94. The Morgan fingerprint density at radius 2 is 1.88 bits per heavy atom. The summed E-state index contributed by atoms with van der Waals surface area (Å²) in [6.07, 6.45) is 1.57. The van der Waals surface area contributed by atoms with Crippen LogP contribution in [0.4, 0.5) is 10.1 Å². The number of nitrogens with zero attached hydrogens (tertiary/aromatic N) is 1. The Bertz CT molecular complexity index is 528. The average molecular weight is 302 g/mol. The van der Waals surface area contributed by atoms with E-state index in [2.05, 4.69) is 20.9 Å². The summed E-state index contributed by atoms with van der Waals surface area (Å²) in [6, 6.07) is 6.03. The van der Waals surface area contributed by atoms with Crippen LogP contribution in [0.3, 0.4) is 0 Å². The summed E-state index contributed by atoms with van der Waals surface area (Å²) in [5.41, 5.74) is 7.89. The van der Waals surface area contributed by atoms with Gasteiger partial charge in [-0.2, -0.15) is 0 Å². The molecule has 0 unspecified atom stereocenters. The molecular weight excluding hydrogens is 294 g/mol. The van der Waals surface area contributed by atoms with E-state index >= 15 is 0 Å². The smallest absolute Gasteiger partial charge is 0.145 e. The second-order valence-corrected chi connectivity index (χ2v) is 4.35. The van der Waals surface area contributed by atoms with Gasteiger partial charge in [-0.1, -0.05) is 23.7 Å². The van der Waals surface area contributed by atoms with Crippen LogP contribution in [0.5, 0.6) is 0 Å². The van der Waals surface area contributed by atoms with Crippen LogP contribution in [0.1, 0.15) is 0 Å². The SMILES string of the molecule is Nc1c(-c2ccc(F)cc2)cnc(Cl)c1Br. The number of benzene rings is 1. The molecular formula is C11H7BrClFN2. The van der Waals surface area contributed by atoms with E-state index in [0.717, 1.165) is 11.1 Å². The molecule has 2 aromatic rings. The topological polar surface area (TPSA) is 38.9 Å². The van der Waals surface area contributed by atoms with Gasteiger partial charge in [0.05, 0.1) is 10.2 Å². The molecule has 0 spiro atoms. The molecule has 0 aliphatic carbocycles. The summed E-state index contributed by atoms with van der Waals surface area (Å²) in [4.78, 5) is 3.98. The summed E-state index contributed by atoms with van der Waals surface area (Å²) in [5, 5.41) is 0.309. The third-order valence-corrected chi connectivity index (χ3v) is 3.49. The summed E-state index contributed by atoms with van der Waals surface area (Å²) >= 11 is 9.05. The molecule has 2 N–H and O–H groups in total. The van der Waals surface area contributed by atoms with Crippen molar-refractivity contribution in [1.82, 2.24) is 4.98 Å². The number of pyridine rings is 1. The number of hydrogen-bond acceptors (Lipinski definition) is 2. The molecule has 0 saturated carbocycles. The van der Waals surface area contributed by atoms with Crippen molar-refractivity contribution >= 4 is 33.2 Å². The molecule has 0 saturated heterocycles. The Labute approximate surface area is 105 Å². The summed E-state index contributed by atoms with van der Waals surface area (Å²) in [6.45, 7) is 0. The highest BCUT2D eigenvalue weighted by Crippen LogP contribution is 2.34. The van der Waals surface area contributed by atoms with Gasteiger partial charge in [-0.15, -0.1) is 0 Å². The van der Waals surface area contributed by atoms with E-state index in [1.165, 1.54) is 12.1 Å². The van der Waals surface area contributed by atoms with Gasteiger partial charge in [0.15, 0.2) is 0 Å². The van der Waals surface area contributed by atoms with Crippen molar-refractivity contribution in [2.45, 2.75) is 0 Å². The van der Waals surface area contributed by atoms with Crippen LogP contribution in [0.25, 0.3) is 11.1 Å². The highest BCUT2D eigenvalue weighted by Gasteiger charge is 2.10. The number of aromatic nitrogens is 1. The van der Waals surface area contributed by atoms with Gasteiger partial charge in [-0.3, -0.25) is 0 Å². The monoisotopic (exact) mass is 300 g/mol. The fourth-order valence-corrected chi connectivity index (χ4v) is 1.80. The van der Waals surface area contributed by atoms with E-state index in [1.54, 1.807) is 18.3 Å². The molecule has 0 atom stereocenters. The zero-order chi connectivity index (χ0) is 11.7. The lowest BCUT2D eigenvalue weighted by molar-refractivity contribution is 0.628. The molecule has 0 radical (unpaired) electrons. The van der Waals surface area contributed by atoms with Gasteiger partial charge < -0.3 is 5.73 Å². The zero-order valence-corrected chi connectivity index (χ0v) is 10.4. The third-order valence-electron chi connectivity index (χ3n) is 2.17. The van der Waals surface area contributed by atoms with Crippen LogP contribution in [-0.4, -0.2) is 4.98 Å². The lowest BCUT2D eigenvalue weighted by Gasteiger charge is -2.08. The molecule has 5 heteroatoms.